The second-order valence-corrected chi connectivity index (χ2v) is 8.15. The number of nitrogens with zero attached hydrogens (tertiary/aromatic N) is 1. The number of hydrazone groups is 1. The normalized spacial score (nSPS) is 11.0. The number of rotatable bonds is 7. The van der Waals surface area contributed by atoms with E-state index in [0.29, 0.717) is 22.6 Å². The molecule has 0 unspecified atom stereocenters. The SMILES string of the molecule is Cc1ccc(NC(=O)COc2ccccc2/C=N/NC(=O)c2cc3cc(Br)ccc3o2)cc1. The highest BCUT2D eigenvalue weighted by molar-refractivity contribution is 9.10. The van der Waals surface area contributed by atoms with Crippen molar-refractivity contribution in [3.8, 4) is 5.75 Å². The van der Waals surface area contributed by atoms with Crippen molar-refractivity contribution in [1.29, 1.82) is 0 Å². The van der Waals surface area contributed by atoms with Gasteiger partial charge in [0.2, 0.25) is 0 Å². The average molecular weight is 506 g/mol. The van der Waals surface area contributed by atoms with Crippen LogP contribution in [0.5, 0.6) is 5.75 Å². The largest absolute Gasteiger partial charge is 0.483 e. The highest BCUT2D eigenvalue weighted by Crippen LogP contribution is 2.23. The predicted molar refractivity (Wildman–Crippen MR) is 131 cm³/mol. The van der Waals surface area contributed by atoms with E-state index in [4.69, 9.17) is 9.15 Å². The molecule has 8 heteroatoms. The summed E-state index contributed by atoms with van der Waals surface area (Å²) >= 11 is 3.39. The van der Waals surface area contributed by atoms with E-state index in [0.717, 1.165) is 15.4 Å². The monoisotopic (exact) mass is 505 g/mol. The van der Waals surface area contributed by atoms with Crippen molar-refractivity contribution in [3.63, 3.8) is 0 Å². The lowest BCUT2D eigenvalue weighted by atomic mass is 10.2. The number of fused-ring (bicyclic) bond motifs is 1. The molecule has 3 aromatic carbocycles. The topological polar surface area (TPSA) is 92.9 Å². The van der Waals surface area contributed by atoms with Crippen molar-refractivity contribution in [1.82, 2.24) is 5.43 Å². The molecule has 0 atom stereocenters. The molecule has 0 fully saturated rings. The molecule has 0 aliphatic carbocycles. The van der Waals surface area contributed by atoms with Gasteiger partial charge in [-0.05, 0) is 55.5 Å². The summed E-state index contributed by atoms with van der Waals surface area (Å²) in [5.41, 5.74) is 5.46. The second-order valence-electron chi connectivity index (χ2n) is 7.23. The molecule has 4 aromatic rings. The van der Waals surface area contributed by atoms with Gasteiger partial charge in [-0.25, -0.2) is 5.43 Å². The third kappa shape index (κ3) is 5.87. The molecule has 0 spiro atoms. The number of aryl methyl sites for hydroxylation is 1. The maximum atomic E-state index is 12.4. The van der Waals surface area contributed by atoms with Crippen LogP contribution in [0, 0.1) is 6.92 Å². The minimum atomic E-state index is -0.477. The zero-order valence-electron chi connectivity index (χ0n) is 17.7. The Bertz CT molecular complexity index is 1330. The predicted octanol–water partition coefficient (Wildman–Crippen LogP) is 5.29. The molecule has 0 bridgehead atoms. The Labute approximate surface area is 198 Å². The van der Waals surface area contributed by atoms with E-state index in [1.54, 1.807) is 36.4 Å². The highest BCUT2D eigenvalue weighted by atomic mass is 79.9. The first kappa shape index (κ1) is 22.3. The summed E-state index contributed by atoms with van der Waals surface area (Å²) < 4.78 is 12.1. The van der Waals surface area contributed by atoms with E-state index in [1.165, 1.54) is 6.21 Å². The number of ether oxygens (including phenoxy) is 1. The van der Waals surface area contributed by atoms with Crippen LogP contribution in [-0.2, 0) is 4.79 Å². The van der Waals surface area contributed by atoms with Gasteiger partial charge in [0.1, 0.15) is 11.3 Å². The van der Waals surface area contributed by atoms with Crippen LogP contribution in [0.25, 0.3) is 11.0 Å². The number of furan rings is 1. The van der Waals surface area contributed by atoms with Gasteiger partial charge in [-0.3, -0.25) is 9.59 Å². The highest BCUT2D eigenvalue weighted by Gasteiger charge is 2.12. The van der Waals surface area contributed by atoms with Gasteiger partial charge in [0, 0.05) is 21.1 Å². The van der Waals surface area contributed by atoms with Gasteiger partial charge in [-0.1, -0.05) is 45.8 Å². The van der Waals surface area contributed by atoms with Crippen molar-refractivity contribution >= 4 is 50.6 Å². The van der Waals surface area contributed by atoms with Gasteiger partial charge < -0.3 is 14.5 Å². The van der Waals surface area contributed by atoms with Gasteiger partial charge in [0.05, 0.1) is 6.21 Å². The van der Waals surface area contributed by atoms with E-state index in [9.17, 15) is 9.59 Å². The van der Waals surface area contributed by atoms with Crippen LogP contribution in [0.15, 0.2) is 86.8 Å². The first-order chi connectivity index (χ1) is 16.0. The van der Waals surface area contributed by atoms with Crippen LogP contribution >= 0.6 is 15.9 Å². The Hall–Kier alpha value is -3.91. The molecular weight excluding hydrogens is 486 g/mol. The fourth-order valence-corrected chi connectivity index (χ4v) is 3.42. The Morgan fingerprint density at radius 2 is 1.85 bits per heavy atom. The van der Waals surface area contributed by atoms with Crippen LogP contribution in [0.1, 0.15) is 21.7 Å². The second kappa shape index (κ2) is 10.1. The summed E-state index contributed by atoms with van der Waals surface area (Å²) in [6.45, 7) is 1.81. The maximum Gasteiger partial charge on any atom is 0.307 e. The van der Waals surface area contributed by atoms with E-state index in [1.807, 2.05) is 43.3 Å². The number of benzene rings is 3. The lowest BCUT2D eigenvalue weighted by Crippen LogP contribution is -2.20. The van der Waals surface area contributed by atoms with Crippen LogP contribution in [0.2, 0.25) is 0 Å². The molecule has 0 aliphatic rings. The first-order valence-corrected chi connectivity index (χ1v) is 10.9. The lowest BCUT2D eigenvalue weighted by molar-refractivity contribution is -0.118. The molecule has 2 N–H and O–H groups in total. The molecule has 4 rings (SSSR count). The number of anilines is 1. The molecule has 1 heterocycles. The van der Waals surface area contributed by atoms with Gasteiger partial charge in [0.15, 0.2) is 12.4 Å². The van der Waals surface area contributed by atoms with Crippen LogP contribution in [0.3, 0.4) is 0 Å². The van der Waals surface area contributed by atoms with Crippen LogP contribution < -0.4 is 15.5 Å². The van der Waals surface area contributed by atoms with Crippen molar-refractivity contribution in [3.05, 3.63) is 94.2 Å². The number of halogens is 1. The smallest absolute Gasteiger partial charge is 0.307 e. The third-order valence-electron chi connectivity index (χ3n) is 4.68. The lowest BCUT2D eigenvalue weighted by Gasteiger charge is -2.09. The first-order valence-electron chi connectivity index (χ1n) is 10.1. The number of carbonyl (C=O) groups excluding carboxylic acids is 2. The van der Waals surface area contributed by atoms with Gasteiger partial charge >= 0.3 is 5.91 Å². The number of amides is 2. The maximum absolute atomic E-state index is 12.4. The van der Waals surface area contributed by atoms with Crippen molar-refractivity contribution in [2.24, 2.45) is 5.10 Å². The van der Waals surface area contributed by atoms with Crippen LogP contribution in [-0.4, -0.2) is 24.6 Å². The number of hydrogen-bond donors (Lipinski definition) is 2. The Balaban J connectivity index is 1.35. The molecule has 0 saturated heterocycles. The van der Waals surface area contributed by atoms with Crippen LogP contribution in [0.4, 0.5) is 5.69 Å². The molecule has 166 valence electrons. The summed E-state index contributed by atoms with van der Waals surface area (Å²) in [7, 11) is 0. The summed E-state index contributed by atoms with van der Waals surface area (Å²) in [5.74, 6) is -0.148. The Morgan fingerprint density at radius 3 is 2.67 bits per heavy atom. The Kier molecular flexibility index (Phi) is 6.85. The molecule has 1 aromatic heterocycles. The quantitative estimate of drug-likeness (QED) is 0.263. The summed E-state index contributed by atoms with van der Waals surface area (Å²) in [6, 6.07) is 21.7. The number of para-hydroxylation sites is 1. The summed E-state index contributed by atoms with van der Waals surface area (Å²) in [5, 5.41) is 7.58. The Morgan fingerprint density at radius 1 is 1.06 bits per heavy atom. The fourth-order valence-electron chi connectivity index (χ4n) is 3.04. The third-order valence-corrected chi connectivity index (χ3v) is 5.18. The molecule has 2 amide bonds. The average Bonchev–Trinajstić information content (AvgIpc) is 3.23. The zero-order valence-corrected chi connectivity index (χ0v) is 19.3. The van der Waals surface area contributed by atoms with Gasteiger partial charge in [-0.2, -0.15) is 5.10 Å². The zero-order chi connectivity index (χ0) is 23.2. The molecular formula is C25H20BrN3O4. The number of hydrogen-bond acceptors (Lipinski definition) is 5. The summed E-state index contributed by atoms with van der Waals surface area (Å²) in [4.78, 5) is 24.6. The van der Waals surface area contributed by atoms with Gasteiger partial charge in [-0.15, -0.1) is 0 Å². The molecule has 33 heavy (non-hydrogen) atoms. The standard InChI is InChI=1S/C25H20BrN3O4/c1-16-6-9-20(10-7-16)28-24(30)15-32-21-5-3-2-4-17(21)14-27-29-25(31)23-13-18-12-19(26)8-11-22(18)33-23/h2-14H,15H2,1H3,(H,28,30)(H,29,31)/b27-14+. The molecule has 0 saturated carbocycles. The fraction of sp³-hybridized carbons (Fsp3) is 0.0800. The van der Waals surface area contributed by atoms with Gasteiger partial charge in [0.25, 0.3) is 5.91 Å². The number of carbonyl (C=O) groups is 2. The number of nitrogens with one attached hydrogen (secondary N) is 2. The molecule has 7 nitrogen and oxygen atoms in total. The van der Waals surface area contributed by atoms with Crippen molar-refractivity contribution in [2.45, 2.75) is 6.92 Å². The van der Waals surface area contributed by atoms with Crippen molar-refractivity contribution < 1.29 is 18.7 Å². The van der Waals surface area contributed by atoms with E-state index in [-0.39, 0.29) is 18.3 Å². The summed E-state index contributed by atoms with van der Waals surface area (Å²) in [6.07, 6.45) is 1.45. The minimum Gasteiger partial charge on any atom is -0.483 e. The van der Waals surface area contributed by atoms with Crippen molar-refractivity contribution in [2.75, 3.05) is 11.9 Å². The van der Waals surface area contributed by atoms with E-state index >= 15 is 0 Å². The molecule has 0 radical (unpaired) electrons. The van der Waals surface area contributed by atoms with E-state index < -0.39 is 5.91 Å². The molecule has 0 aliphatic heterocycles. The van der Waals surface area contributed by atoms with E-state index in [2.05, 4.69) is 31.8 Å². The minimum absolute atomic E-state index is 0.151.